The number of hydrogen-bond acceptors (Lipinski definition) is 6. The molecule has 1 amide bonds. The van der Waals surface area contributed by atoms with Crippen LogP contribution >= 0.6 is 11.3 Å². The van der Waals surface area contributed by atoms with Gasteiger partial charge in [-0.05, 0) is 6.92 Å². The number of nitrogens with one attached hydrogen (secondary N) is 1. The summed E-state index contributed by atoms with van der Waals surface area (Å²) >= 11 is 1.28. The van der Waals surface area contributed by atoms with Gasteiger partial charge < -0.3 is 16.3 Å². The van der Waals surface area contributed by atoms with Crippen molar-refractivity contribution in [2.24, 2.45) is 17.9 Å². The molecule has 0 aromatic carbocycles. The zero-order valence-electron chi connectivity index (χ0n) is 10.3. The van der Waals surface area contributed by atoms with Crippen molar-refractivity contribution >= 4 is 28.9 Å². The molecule has 0 atom stereocenters. The van der Waals surface area contributed by atoms with Crippen LogP contribution in [0.2, 0.25) is 0 Å². The van der Waals surface area contributed by atoms with E-state index in [1.54, 1.807) is 7.05 Å². The van der Waals surface area contributed by atoms with E-state index < -0.39 is 0 Å². The molecule has 0 saturated carbocycles. The molecule has 0 saturated heterocycles. The fourth-order valence-corrected chi connectivity index (χ4v) is 2.14. The van der Waals surface area contributed by atoms with Crippen molar-refractivity contribution in [2.45, 2.75) is 6.92 Å². The van der Waals surface area contributed by atoms with Gasteiger partial charge in [-0.25, -0.2) is 4.98 Å². The molecule has 9 heteroatoms. The van der Waals surface area contributed by atoms with Gasteiger partial charge in [0.1, 0.15) is 10.7 Å². The van der Waals surface area contributed by atoms with Gasteiger partial charge >= 0.3 is 0 Å². The molecule has 2 rings (SSSR count). The Bertz CT molecular complexity index is 644. The number of carbonyl (C=O) groups excluding carboxylic acids is 1. The number of nitrogens with zero attached hydrogens (tertiary/aromatic N) is 4. The van der Waals surface area contributed by atoms with Crippen LogP contribution in [0.4, 0.5) is 5.82 Å². The van der Waals surface area contributed by atoms with E-state index in [-0.39, 0.29) is 11.7 Å². The number of anilines is 1. The predicted octanol–water partition coefficient (Wildman–Crippen LogP) is 0.532. The molecule has 2 aromatic rings. The highest BCUT2D eigenvalue weighted by Gasteiger charge is 2.17. The zero-order chi connectivity index (χ0) is 14.0. The Morgan fingerprint density at radius 1 is 1.58 bits per heavy atom. The van der Waals surface area contributed by atoms with Crippen LogP contribution in [0.1, 0.15) is 20.2 Å². The molecule has 0 aliphatic rings. The van der Waals surface area contributed by atoms with Crippen molar-refractivity contribution in [3.05, 3.63) is 27.8 Å². The second-order valence-corrected chi connectivity index (χ2v) is 4.95. The second-order valence-electron chi connectivity index (χ2n) is 3.71. The lowest BCUT2D eigenvalue weighted by Crippen LogP contribution is -2.19. The van der Waals surface area contributed by atoms with E-state index in [1.807, 2.05) is 6.92 Å². The Balaban J connectivity index is 2.29. The van der Waals surface area contributed by atoms with Crippen molar-refractivity contribution < 1.29 is 10.0 Å². The summed E-state index contributed by atoms with van der Waals surface area (Å²) in [5.41, 5.74) is 5.86. The summed E-state index contributed by atoms with van der Waals surface area (Å²) < 4.78 is 1.43. The second kappa shape index (κ2) is 5.06. The van der Waals surface area contributed by atoms with E-state index in [1.165, 1.54) is 28.4 Å². The summed E-state index contributed by atoms with van der Waals surface area (Å²) in [4.78, 5) is 16.5. The Labute approximate surface area is 112 Å². The number of aryl methyl sites for hydroxylation is 2. The first-order chi connectivity index (χ1) is 9.02. The van der Waals surface area contributed by atoms with Crippen LogP contribution in [0.25, 0.3) is 0 Å². The highest BCUT2D eigenvalue weighted by Crippen LogP contribution is 2.17. The van der Waals surface area contributed by atoms with Gasteiger partial charge in [-0.3, -0.25) is 9.48 Å². The first-order valence-electron chi connectivity index (χ1n) is 5.26. The lowest BCUT2D eigenvalue weighted by atomic mass is 10.3. The summed E-state index contributed by atoms with van der Waals surface area (Å²) in [6.07, 6.45) is 2.90. The van der Waals surface area contributed by atoms with E-state index in [2.05, 4.69) is 20.6 Å². The molecule has 2 heterocycles. The van der Waals surface area contributed by atoms with E-state index in [0.717, 1.165) is 5.01 Å². The number of oxime groups is 1. The van der Waals surface area contributed by atoms with Crippen molar-refractivity contribution in [1.29, 1.82) is 0 Å². The van der Waals surface area contributed by atoms with Gasteiger partial charge in [0.15, 0.2) is 5.84 Å². The van der Waals surface area contributed by atoms with Crippen LogP contribution in [-0.2, 0) is 7.05 Å². The number of carbonyl (C=O) groups is 1. The molecule has 2 aromatic heterocycles. The minimum absolute atomic E-state index is 0.121. The van der Waals surface area contributed by atoms with E-state index in [9.17, 15) is 4.79 Å². The van der Waals surface area contributed by atoms with Crippen LogP contribution in [0, 0.1) is 6.92 Å². The quantitative estimate of drug-likeness (QED) is 0.328. The average molecular weight is 280 g/mol. The highest BCUT2D eigenvalue weighted by atomic mass is 32.1. The van der Waals surface area contributed by atoms with E-state index >= 15 is 0 Å². The third-order valence-electron chi connectivity index (χ3n) is 2.40. The number of nitrogens with two attached hydrogens (primary N) is 1. The molecule has 0 aliphatic carbocycles. The fraction of sp³-hybridized carbons (Fsp3) is 0.200. The van der Waals surface area contributed by atoms with Gasteiger partial charge in [0.2, 0.25) is 0 Å². The minimum atomic E-state index is -0.318. The summed E-state index contributed by atoms with van der Waals surface area (Å²) in [5, 5.41) is 19.0. The monoisotopic (exact) mass is 280 g/mol. The summed E-state index contributed by atoms with van der Waals surface area (Å²) in [6.45, 7) is 1.81. The van der Waals surface area contributed by atoms with E-state index in [4.69, 9.17) is 10.9 Å². The fourth-order valence-electron chi connectivity index (χ4n) is 1.46. The molecule has 100 valence electrons. The first-order valence-corrected chi connectivity index (χ1v) is 6.08. The number of aromatic nitrogens is 3. The van der Waals surface area contributed by atoms with Crippen molar-refractivity contribution in [1.82, 2.24) is 14.8 Å². The van der Waals surface area contributed by atoms with Crippen LogP contribution in [-0.4, -0.2) is 31.7 Å². The van der Waals surface area contributed by atoms with Crippen molar-refractivity contribution in [3.63, 3.8) is 0 Å². The third kappa shape index (κ3) is 2.55. The molecular weight excluding hydrogens is 268 g/mol. The van der Waals surface area contributed by atoms with Gasteiger partial charge in [-0.2, -0.15) is 5.10 Å². The highest BCUT2D eigenvalue weighted by molar-refractivity contribution is 7.13. The summed E-state index contributed by atoms with van der Waals surface area (Å²) in [5.74, 6) is -0.0866. The molecule has 4 N–H and O–H groups in total. The van der Waals surface area contributed by atoms with E-state index in [0.29, 0.717) is 16.3 Å². The van der Waals surface area contributed by atoms with Crippen LogP contribution in [0.3, 0.4) is 0 Å². The molecule has 0 bridgehead atoms. The smallest absolute Gasteiger partial charge is 0.268 e. The number of rotatable bonds is 3. The number of hydrogen-bond donors (Lipinski definition) is 3. The lowest BCUT2D eigenvalue weighted by molar-refractivity contribution is 0.102. The largest absolute Gasteiger partial charge is 0.409 e. The SMILES string of the molecule is Cc1ncc(C(=O)Nc2c(/C(N)=N/O)cnn2C)s1. The van der Waals surface area contributed by atoms with Gasteiger partial charge in [0.25, 0.3) is 5.91 Å². The van der Waals surface area contributed by atoms with Crippen molar-refractivity contribution in [2.75, 3.05) is 5.32 Å². The Morgan fingerprint density at radius 3 is 2.89 bits per heavy atom. The maximum Gasteiger partial charge on any atom is 0.268 e. The standard InChI is InChI=1S/C10H12N6O2S/c1-5-12-4-7(19-5)10(17)14-9-6(8(11)15-18)3-13-16(9)2/h3-4,18H,1-2H3,(H2,11,15)(H,14,17). The molecule has 19 heavy (non-hydrogen) atoms. The molecule has 0 spiro atoms. The first kappa shape index (κ1) is 13.0. The van der Waals surface area contributed by atoms with Gasteiger partial charge in [-0.15, -0.1) is 11.3 Å². The summed E-state index contributed by atoms with van der Waals surface area (Å²) in [7, 11) is 1.64. The van der Waals surface area contributed by atoms with Gasteiger partial charge in [0, 0.05) is 7.05 Å². The van der Waals surface area contributed by atoms with Gasteiger partial charge in [0.05, 0.1) is 23.0 Å². The normalized spacial score (nSPS) is 11.6. The molecule has 0 fully saturated rings. The van der Waals surface area contributed by atoms with Crippen molar-refractivity contribution in [3.8, 4) is 0 Å². The number of amides is 1. The maximum absolute atomic E-state index is 12.0. The molecule has 0 unspecified atom stereocenters. The Hall–Kier alpha value is -2.42. The zero-order valence-corrected chi connectivity index (χ0v) is 11.1. The van der Waals surface area contributed by atoms with Crippen LogP contribution in [0.15, 0.2) is 17.5 Å². The topological polar surface area (TPSA) is 118 Å². The molecule has 8 nitrogen and oxygen atoms in total. The van der Waals surface area contributed by atoms with Crippen LogP contribution in [0.5, 0.6) is 0 Å². The molecule has 0 radical (unpaired) electrons. The average Bonchev–Trinajstić information content (AvgIpc) is 2.96. The Kier molecular flexibility index (Phi) is 3.47. The summed E-state index contributed by atoms with van der Waals surface area (Å²) in [6, 6.07) is 0. The third-order valence-corrected chi connectivity index (χ3v) is 3.31. The lowest BCUT2D eigenvalue weighted by Gasteiger charge is -2.06. The number of thiazole rings is 1. The number of amidine groups is 1. The van der Waals surface area contributed by atoms with Gasteiger partial charge in [-0.1, -0.05) is 5.16 Å². The molecular formula is C10H12N6O2S. The Morgan fingerprint density at radius 2 is 2.32 bits per heavy atom. The minimum Gasteiger partial charge on any atom is -0.409 e. The van der Waals surface area contributed by atoms with Crippen LogP contribution < -0.4 is 11.1 Å². The predicted molar refractivity (Wildman–Crippen MR) is 70.5 cm³/mol. The maximum atomic E-state index is 12.0. The molecule has 0 aliphatic heterocycles.